The molecule has 0 saturated heterocycles. The standard InChI is InChI=1S/C47H30N4S/c1-2-13-31(14-3-1)34-16-12-17-36(29-34)46-48-45(33-27-25-32(26-28-33)44-30-35-15-4-11-24-43(35)52-44)49-47(50-46)39-20-7-10-23-42(39)51-40-21-8-5-18-37(40)38-19-6-9-22-41(38)51/h1-30H. The second-order valence-corrected chi connectivity index (χ2v) is 13.9. The van der Waals surface area contributed by atoms with Gasteiger partial charge in [-0.1, -0.05) is 140 Å². The number of para-hydroxylation sites is 3. The molecule has 10 aromatic rings. The van der Waals surface area contributed by atoms with Crippen LogP contribution >= 0.6 is 11.3 Å². The quantitative estimate of drug-likeness (QED) is 0.175. The number of hydrogen-bond donors (Lipinski definition) is 0. The van der Waals surface area contributed by atoms with Gasteiger partial charge < -0.3 is 4.57 Å². The van der Waals surface area contributed by atoms with Gasteiger partial charge in [-0.25, -0.2) is 15.0 Å². The second-order valence-electron chi connectivity index (χ2n) is 12.9. The predicted octanol–water partition coefficient (Wildman–Crippen LogP) is 12.5. The summed E-state index contributed by atoms with van der Waals surface area (Å²) >= 11 is 1.81. The molecule has 0 atom stereocenters. The van der Waals surface area contributed by atoms with E-state index in [0.717, 1.165) is 44.5 Å². The van der Waals surface area contributed by atoms with Gasteiger partial charge in [-0.3, -0.25) is 0 Å². The minimum Gasteiger partial charge on any atom is -0.309 e. The van der Waals surface area contributed by atoms with Gasteiger partial charge in [-0.2, -0.15) is 0 Å². The van der Waals surface area contributed by atoms with Crippen molar-refractivity contribution in [2.75, 3.05) is 0 Å². The van der Waals surface area contributed by atoms with Gasteiger partial charge in [-0.15, -0.1) is 11.3 Å². The second kappa shape index (κ2) is 12.6. The molecule has 3 heterocycles. The van der Waals surface area contributed by atoms with Gasteiger partial charge in [-0.05, 0) is 64.5 Å². The lowest BCUT2D eigenvalue weighted by Crippen LogP contribution is -2.03. The summed E-state index contributed by atoms with van der Waals surface area (Å²) in [5.74, 6) is 1.88. The topological polar surface area (TPSA) is 43.6 Å². The summed E-state index contributed by atoms with van der Waals surface area (Å²) in [6.45, 7) is 0. The lowest BCUT2D eigenvalue weighted by Gasteiger charge is -2.15. The van der Waals surface area contributed by atoms with Crippen LogP contribution in [0.3, 0.4) is 0 Å². The average molecular weight is 683 g/mol. The maximum Gasteiger partial charge on any atom is 0.166 e. The van der Waals surface area contributed by atoms with Crippen LogP contribution < -0.4 is 0 Å². The molecule has 0 unspecified atom stereocenters. The first kappa shape index (κ1) is 30.2. The third-order valence-electron chi connectivity index (χ3n) is 9.68. The van der Waals surface area contributed by atoms with E-state index >= 15 is 0 Å². The van der Waals surface area contributed by atoms with Crippen molar-refractivity contribution in [3.8, 4) is 61.4 Å². The molecular weight excluding hydrogens is 653 g/mol. The van der Waals surface area contributed by atoms with Crippen LogP contribution in [0.4, 0.5) is 0 Å². The molecule has 3 aromatic heterocycles. The molecule has 0 aliphatic rings. The summed E-state index contributed by atoms with van der Waals surface area (Å²) in [6.07, 6.45) is 0. The van der Waals surface area contributed by atoms with E-state index in [4.69, 9.17) is 15.0 Å². The number of nitrogens with zero attached hydrogens (tertiary/aromatic N) is 4. The third-order valence-corrected chi connectivity index (χ3v) is 10.8. The molecule has 0 spiro atoms. The molecule has 5 heteroatoms. The van der Waals surface area contributed by atoms with Crippen molar-refractivity contribution < 1.29 is 0 Å². The van der Waals surface area contributed by atoms with Crippen LogP contribution in [0.2, 0.25) is 0 Å². The molecule has 0 saturated carbocycles. The van der Waals surface area contributed by atoms with Crippen LogP contribution in [0, 0.1) is 0 Å². The summed E-state index contributed by atoms with van der Waals surface area (Å²) in [4.78, 5) is 16.8. The first-order valence-corrected chi connectivity index (χ1v) is 18.2. The summed E-state index contributed by atoms with van der Waals surface area (Å²) in [5, 5.41) is 3.68. The zero-order chi connectivity index (χ0) is 34.4. The molecule has 10 rings (SSSR count). The third kappa shape index (κ3) is 5.27. The average Bonchev–Trinajstić information content (AvgIpc) is 3.81. The molecule has 0 fully saturated rings. The highest BCUT2D eigenvalue weighted by molar-refractivity contribution is 7.22. The summed E-state index contributed by atoms with van der Waals surface area (Å²) in [5.41, 5.74) is 9.52. The normalized spacial score (nSPS) is 11.5. The Morgan fingerprint density at radius 1 is 0.385 bits per heavy atom. The molecule has 244 valence electrons. The molecule has 0 N–H and O–H groups in total. The minimum atomic E-state index is 0.621. The maximum atomic E-state index is 5.22. The number of benzene rings is 7. The minimum absolute atomic E-state index is 0.621. The highest BCUT2D eigenvalue weighted by atomic mass is 32.1. The first-order valence-electron chi connectivity index (χ1n) is 17.4. The van der Waals surface area contributed by atoms with Gasteiger partial charge in [0.25, 0.3) is 0 Å². The fourth-order valence-corrected chi connectivity index (χ4v) is 8.24. The highest BCUT2D eigenvalue weighted by Gasteiger charge is 2.19. The van der Waals surface area contributed by atoms with E-state index in [1.54, 1.807) is 0 Å². The lowest BCUT2D eigenvalue weighted by molar-refractivity contribution is 1.06. The largest absolute Gasteiger partial charge is 0.309 e. The Morgan fingerprint density at radius 3 is 1.73 bits per heavy atom. The SMILES string of the molecule is c1ccc(-c2cccc(-c3nc(-c4ccc(-c5cc6ccccc6s5)cc4)nc(-c4ccccc4-n4c5ccccc5c5ccccc54)n3)c2)cc1. The Kier molecular flexibility index (Phi) is 7.29. The van der Waals surface area contributed by atoms with Crippen LogP contribution in [-0.4, -0.2) is 19.5 Å². The lowest BCUT2D eigenvalue weighted by atomic mass is 10.0. The maximum absolute atomic E-state index is 5.22. The number of fused-ring (bicyclic) bond motifs is 4. The molecule has 4 nitrogen and oxygen atoms in total. The summed E-state index contributed by atoms with van der Waals surface area (Å²) in [7, 11) is 0. The number of rotatable bonds is 6. The van der Waals surface area contributed by atoms with E-state index in [0.29, 0.717) is 17.5 Å². The molecule has 0 radical (unpaired) electrons. The van der Waals surface area contributed by atoms with E-state index < -0.39 is 0 Å². The monoisotopic (exact) mass is 682 g/mol. The van der Waals surface area contributed by atoms with Gasteiger partial charge in [0, 0.05) is 37.0 Å². The molecule has 0 aliphatic heterocycles. The first-order chi connectivity index (χ1) is 25.8. The van der Waals surface area contributed by atoms with Gasteiger partial charge >= 0.3 is 0 Å². The summed E-state index contributed by atoms with van der Waals surface area (Å²) < 4.78 is 3.62. The van der Waals surface area contributed by atoms with Crippen molar-refractivity contribution in [2.45, 2.75) is 0 Å². The van der Waals surface area contributed by atoms with Crippen molar-refractivity contribution in [1.82, 2.24) is 19.5 Å². The Balaban J connectivity index is 1.16. The van der Waals surface area contributed by atoms with Gasteiger partial charge in [0.05, 0.1) is 16.7 Å². The smallest absolute Gasteiger partial charge is 0.166 e. The number of hydrogen-bond acceptors (Lipinski definition) is 4. The molecule has 0 bridgehead atoms. The van der Waals surface area contributed by atoms with Gasteiger partial charge in [0.2, 0.25) is 0 Å². The fraction of sp³-hybridized carbons (Fsp3) is 0. The zero-order valence-corrected chi connectivity index (χ0v) is 28.8. The van der Waals surface area contributed by atoms with Crippen LogP contribution in [0.5, 0.6) is 0 Å². The van der Waals surface area contributed by atoms with E-state index in [1.807, 2.05) is 17.4 Å². The Morgan fingerprint density at radius 2 is 0.962 bits per heavy atom. The molecule has 0 aliphatic carbocycles. The number of aromatic nitrogens is 4. The highest BCUT2D eigenvalue weighted by Crippen LogP contribution is 2.37. The zero-order valence-electron chi connectivity index (χ0n) is 28.0. The van der Waals surface area contributed by atoms with Crippen molar-refractivity contribution in [3.05, 3.63) is 182 Å². The van der Waals surface area contributed by atoms with Crippen molar-refractivity contribution >= 4 is 43.2 Å². The van der Waals surface area contributed by atoms with Gasteiger partial charge in [0.15, 0.2) is 17.5 Å². The van der Waals surface area contributed by atoms with E-state index in [1.165, 1.54) is 31.3 Å². The van der Waals surface area contributed by atoms with Gasteiger partial charge in [0.1, 0.15) is 0 Å². The van der Waals surface area contributed by atoms with E-state index in [2.05, 4.69) is 180 Å². The van der Waals surface area contributed by atoms with Crippen molar-refractivity contribution in [2.24, 2.45) is 0 Å². The number of thiophene rings is 1. The van der Waals surface area contributed by atoms with Crippen molar-refractivity contribution in [3.63, 3.8) is 0 Å². The van der Waals surface area contributed by atoms with Crippen LogP contribution in [0.1, 0.15) is 0 Å². The Hall–Kier alpha value is -6.69. The van der Waals surface area contributed by atoms with Crippen LogP contribution in [0.15, 0.2) is 182 Å². The molecular formula is C47H30N4S. The fourth-order valence-electron chi connectivity index (χ4n) is 7.17. The molecule has 0 amide bonds. The Labute approximate surface area is 305 Å². The summed E-state index contributed by atoms with van der Waals surface area (Å²) in [6, 6.07) is 63.9. The van der Waals surface area contributed by atoms with Crippen LogP contribution in [0.25, 0.3) is 93.3 Å². The van der Waals surface area contributed by atoms with E-state index in [9.17, 15) is 0 Å². The van der Waals surface area contributed by atoms with E-state index in [-0.39, 0.29) is 0 Å². The van der Waals surface area contributed by atoms with Crippen molar-refractivity contribution in [1.29, 1.82) is 0 Å². The predicted molar refractivity (Wildman–Crippen MR) is 217 cm³/mol. The molecule has 7 aromatic carbocycles. The Bertz CT molecular complexity index is 2820. The molecule has 52 heavy (non-hydrogen) atoms. The van der Waals surface area contributed by atoms with Crippen LogP contribution in [-0.2, 0) is 0 Å².